The van der Waals surface area contributed by atoms with Gasteiger partial charge >= 0.3 is 0 Å². The molecule has 4 rings (SSSR count). The lowest BCUT2D eigenvalue weighted by atomic mass is 9.72. The second-order valence-electron chi connectivity index (χ2n) is 10.7. The molecule has 2 aliphatic rings. The van der Waals surface area contributed by atoms with E-state index >= 15 is 0 Å². The van der Waals surface area contributed by atoms with Crippen molar-refractivity contribution in [3.05, 3.63) is 41.5 Å². The number of benzene rings is 2. The van der Waals surface area contributed by atoms with Gasteiger partial charge in [0, 0.05) is 5.56 Å². The quantitative estimate of drug-likeness (QED) is 0.666. The van der Waals surface area contributed by atoms with Crippen LogP contribution in [0.15, 0.2) is 30.3 Å². The van der Waals surface area contributed by atoms with Gasteiger partial charge in [-0.05, 0) is 91.2 Å². The van der Waals surface area contributed by atoms with Crippen LogP contribution in [0.5, 0.6) is 5.75 Å². The standard InChI is InChI=1S/C26H37NO2/c1-25(2,3)19-8-11-21(12-9-19)29-23-14-7-18-15-20(26(4,27)16-28)10-13-22(18)24(23)17-5-6-17/h7,10,13-15,17,19,21,28H,5-6,8-9,11-12,16,27H2,1-4H3/t19?,21?,26-/m0/s1. The van der Waals surface area contributed by atoms with E-state index in [1.54, 1.807) is 0 Å². The maximum absolute atomic E-state index is 9.62. The first kappa shape index (κ1) is 20.7. The molecule has 3 nitrogen and oxygen atoms in total. The first-order valence-corrected chi connectivity index (χ1v) is 11.3. The van der Waals surface area contributed by atoms with Crippen molar-refractivity contribution < 1.29 is 9.84 Å². The SMILES string of the molecule is CC(C)(C)C1CCC(Oc2ccc3cc([C@@](C)(N)CO)ccc3c2C2CC2)CC1. The molecule has 0 spiro atoms. The van der Waals surface area contributed by atoms with Crippen molar-refractivity contribution in [2.24, 2.45) is 17.1 Å². The molecule has 0 aromatic heterocycles. The zero-order valence-electron chi connectivity index (χ0n) is 18.5. The number of nitrogens with two attached hydrogens (primary N) is 1. The molecule has 3 N–H and O–H groups in total. The maximum atomic E-state index is 9.62. The minimum absolute atomic E-state index is 0.0631. The normalized spacial score (nSPS) is 25.0. The van der Waals surface area contributed by atoms with E-state index in [2.05, 4.69) is 51.1 Å². The van der Waals surface area contributed by atoms with Gasteiger partial charge in [-0.25, -0.2) is 0 Å². The van der Waals surface area contributed by atoms with Crippen LogP contribution in [-0.2, 0) is 5.54 Å². The number of hydrogen-bond donors (Lipinski definition) is 2. The molecular weight excluding hydrogens is 358 g/mol. The van der Waals surface area contributed by atoms with E-state index in [1.807, 2.05) is 6.92 Å². The molecule has 0 radical (unpaired) electrons. The van der Waals surface area contributed by atoms with Crippen molar-refractivity contribution in [2.45, 2.75) is 83.8 Å². The van der Waals surface area contributed by atoms with Gasteiger partial charge in [0.2, 0.25) is 0 Å². The van der Waals surface area contributed by atoms with E-state index < -0.39 is 5.54 Å². The second kappa shape index (κ2) is 7.59. The molecule has 0 heterocycles. The molecule has 3 heteroatoms. The Morgan fingerprint density at radius 1 is 0.966 bits per heavy atom. The van der Waals surface area contributed by atoms with Gasteiger partial charge in [-0.1, -0.05) is 39.0 Å². The van der Waals surface area contributed by atoms with Crippen molar-refractivity contribution in [3.8, 4) is 5.75 Å². The third kappa shape index (κ3) is 4.32. The van der Waals surface area contributed by atoms with Gasteiger partial charge in [0.25, 0.3) is 0 Å². The summed E-state index contributed by atoms with van der Waals surface area (Å²) < 4.78 is 6.61. The highest BCUT2D eigenvalue weighted by Gasteiger charge is 2.33. The zero-order chi connectivity index (χ0) is 20.8. The summed E-state index contributed by atoms with van der Waals surface area (Å²) in [7, 11) is 0. The Kier molecular flexibility index (Phi) is 5.41. The van der Waals surface area contributed by atoms with Crippen LogP contribution in [0.25, 0.3) is 10.8 Å². The van der Waals surface area contributed by atoms with Crippen molar-refractivity contribution in [1.82, 2.24) is 0 Å². The Morgan fingerprint density at radius 3 is 2.24 bits per heavy atom. The number of ether oxygens (including phenoxy) is 1. The average Bonchev–Trinajstić information content (AvgIpc) is 3.52. The van der Waals surface area contributed by atoms with Gasteiger partial charge in [0.05, 0.1) is 18.2 Å². The Labute approximate surface area is 175 Å². The number of aliphatic hydroxyl groups is 1. The minimum Gasteiger partial charge on any atom is -0.490 e. The smallest absolute Gasteiger partial charge is 0.123 e. The summed E-state index contributed by atoms with van der Waals surface area (Å²) in [5.41, 5.74) is 8.30. The van der Waals surface area contributed by atoms with Gasteiger partial charge in [0.15, 0.2) is 0 Å². The third-order valence-corrected chi connectivity index (χ3v) is 7.19. The fourth-order valence-corrected chi connectivity index (χ4v) is 4.90. The molecule has 29 heavy (non-hydrogen) atoms. The van der Waals surface area contributed by atoms with Gasteiger partial charge in [0.1, 0.15) is 5.75 Å². The number of hydrogen-bond acceptors (Lipinski definition) is 3. The monoisotopic (exact) mass is 395 g/mol. The Balaban J connectivity index is 1.59. The summed E-state index contributed by atoms with van der Waals surface area (Å²) in [6.07, 6.45) is 7.68. The zero-order valence-corrected chi connectivity index (χ0v) is 18.5. The van der Waals surface area contributed by atoms with Gasteiger partial charge < -0.3 is 15.6 Å². The van der Waals surface area contributed by atoms with Gasteiger partial charge in [-0.15, -0.1) is 0 Å². The molecule has 0 unspecified atom stereocenters. The molecule has 2 fully saturated rings. The van der Waals surface area contributed by atoms with Crippen LogP contribution in [0.2, 0.25) is 0 Å². The van der Waals surface area contributed by atoms with Crippen LogP contribution in [-0.4, -0.2) is 17.8 Å². The first-order chi connectivity index (χ1) is 13.7. The van der Waals surface area contributed by atoms with E-state index in [9.17, 15) is 5.11 Å². The average molecular weight is 396 g/mol. The van der Waals surface area contributed by atoms with Gasteiger partial charge in [-0.3, -0.25) is 0 Å². The first-order valence-electron chi connectivity index (χ1n) is 11.3. The molecule has 0 bridgehead atoms. The fourth-order valence-electron chi connectivity index (χ4n) is 4.90. The van der Waals surface area contributed by atoms with E-state index in [0.29, 0.717) is 17.4 Å². The lowest BCUT2D eigenvalue weighted by molar-refractivity contribution is 0.0877. The molecular formula is C26H37NO2. The molecule has 0 amide bonds. The molecule has 1 atom stereocenters. The van der Waals surface area contributed by atoms with Crippen LogP contribution in [0.3, 0.4) is 0 Å². The van der Waals surface area contributed by atoms with Gasteiger partial charge in [-0.2, -0.15) is 0 Å². The predicted octanol–water partition coefficient (Wildman–Crippen LogP) is 5.87. The summed E-state index contributed by atoms with van der Waals surface area (Å²) in [6, 6.07) is 10.7. The van der Waals surface area contributed by atoms with E-state index in [1.165, 1.54) is 42.0 Å². The number of fused-ring (bicyclic) bond motifs is 1. The molecule has 2 aliphatic carbocycles. The molecule has 0 aliphatic heterocycles. The highest BCUT2D eigenvalue weighted by Crippen LogP contribution is 2.49. The highest BCUT2D eigenvalue weighted by atomic mass is 16.5. The minimum atomic E-state index is -0.713. The Bertz CT molecular complexity index is 868. The largest absolute Gasteiger partial charge is 0.490 e. The predicted molar refractivity (Wildman–Crippen MR) is 120 cm³/mol. The van der Waals surface area contributed by atoms with Crippen LogP contribution >= 0.6 is 0 Å². The molecule has 2 aromatic rings. The van der Waals surface area contributed by atoms with E-state index in [-0.39, 0.29) is 6.61 Å². The lowest BCUT2D eigenvalue weighted by Crippen LogP contribution is -2.36. The summed E-state index contributed by atoms with van der Waals surface area (Å²) in [6.45, 7) is 8.91. The summed E-state index contributed by atoms with van der Waals surface area (Å²) in [4.78, 5) is 0. The van der Waals surface area contributed by atoms with Crippen molar-refractivity contribution in [2.75, 3.05) is 6.61 Å². The Hall–Kier alpha value is -1.58. The van der Waals surface area contributed by atoms with Crippen LogP contribution in [0.1, 0.15) is 83.3 Å². The lowest BCUT2D eigenvalue weighted by Gasteiger charge is -2.37. The van der Waals surface area contributed by atoms with Crippen LogP contribution < -0.4 is 10.5 Å². The topological polar surface area (TPSA) is 55.5 Å². The fraction of sp³-hybridized carbons (Fsp3) is 0.615. The van der Waals surface area contributed by atoms with Crippen LogP contribution in [0, 0.1) is 11.3 Å². The maximum Gasteiger partial charge on any atom is 0.123 e. The molecule has 158 valence electrons. The van der Waals surface area contributed by atoms with Crippen molar-refractivity contribution in [1.29, 1.82) is 0 Å². The van der Waals surface area contributed by atoms with E-state index in [4.69, 9.17) is 10.5 Å². The highest BCUT2D eigenvalue weighted by molar-refractivity contribution is 5.89. The van der Waals surface area contributed by atoms with E-state index in [0.717, 1.165) is 30.1 Å². The summed E-state index contributed by atoms with van der Waals surface area (Å²) >= 11 is 0. The van der Waals surface area contributed by atoms with Crippen molar-refractivity contribution in [3.63, 3.8) is 0 Å². The molecule has 2 saturated carbocycles. The molecule has 0 saturated heterocycles. The van der Waals surface area contributed by atoms with Crippen molar-refractivity contribution >= 4 is 10.8 Å². The van der Waals surface area contributed by atoms with Crippen LogP contribution in [0.4, 0.5) is 0 Å². The third-order valence-electron chi connectivity index (χ3n) is 7.19. The summed E-state index contributed by atoms with van der Waals surface area (Å²) in [5.74, 6) is 2.51. The number of rotatable bonds is 5. The number of aliphatic hydroxyl groups excluding tert-OH is 1. The summed E-state index contributed by atoms with van der Waals surface area (Å²) in [5, 5.41) is 12.1. The molecule has 2 aromatic carbocycles. The second-order valence-corrected chi connectivity index (χ2v) is 10.7. The Morgan fingerprint density at radius 2 is 1.66 bits per heavy atom.